The van der Waals surface area contributed by atoms with Gasteiger partial charge in [-0.15, -0.1) is 0 Å². The summed E-state index contributed by atoms with van der Waals surface area (Å²) in [4.78, 5) is 22.7. The average molecular weight is 206 g/mol. The van der Waals surface area contributed by atoms with Crippen LogP contribution in [-0.2, 0) is 9.53 Å². The van der Waals surface area contributed by atoms with E-state index in [-0.39, 0.29) is 5.92 Å². The molecular weight excluding hydrogens is 192 g/mol. The first-order valence-electron chi connectivity index (χ1n) is 4.79. The predicted octanol–water partition coefficient (Wildman–Crippen LogP) is 2.17. The van der Waals surface area contributed by atoms with Gasteiger partial charge in [0.25, 0.3) is 5.78 Å². The summed E-state index contributed by atoms with van der Waals surface area (Å²) >= 11 is 0. The number of benzene rings is 1. The fourth-order valence-electron chi connectivity index (χ4n) is 1.41. The topological polar surface area (TPSA) is 43.4 Å². The standard InChI is InChI=1S/C12H14O3/c1-8(2)9-6-4-5-7-10(9)11(13)12(14)15-3/h4-8H,1-3H3. The molecule has 3 nitrogen and oxygen atoms in total. The Kier molecular flexibility index (Phi) is 3.61. The van der Waals surface area contributed by atoms with E-state index in [1.54, 1.807) is 12.1 Å². The number of ether oxygens (including phenoxy) is 1. The van der Waals surface area contributed by atoms with Crippen LogP contribution in [0.4, 0.5) is 0 Å². The molecule has 0 atom stereocenters. The Bertz CT molecular complexity index is 380. The van der Waals surface area contributed by atoms with Crippen LogP contribution in [0.25, 0.3) is 0 Å². The minimum absolute atomic E-state index is 0.204. The van der Waals surface area contributed by atoms with E-state index in [2.05, 4.69) is 4.74 Å². The molecule has 15 heavy (non-hydrogen) atoms. The van der Waals surface area contributed by atoms with Crippen molar-refractivity contribution >= 4 is 11.8 Å². The molecule has 3 heteroatoms. The summed E-state index contributed by atoms with van der Waals surface area (Å²) in [5, 5.41) is 0. The maximum atomic E-state index is 11.6. The first-order chi connectivity index (χ1) is 7.07. The number of rotatable bonds is 3. The van der Waals surface area contributed by atoms with Gasteiger partial charge in [-0.1, -0.05) is 38.1 Å². The number of hydrogen-bond donors (Lipinski definition) is 0. The Morgan fingerprint density at radius 2 is 1.80 bits per heavy atom. The third-order valence-corrected chi connectivity index (χ3v) is 2.20. The zero-order valence-electron chi connectivity index (χ0n) is 9.11. The largest absolute Gasteiger partial charge is 0.463 e. The maximum Gasteiger partial charge on any atom is 0.379 e. The van der Waals surface area contributed by atoms with Crippen LogP contribution in [0, 0.1) is 0 Å². The van der Waals surface area contributed by atoms with Crippen molar-refractivity contribution in [1.29, 1.82) is 0 Å². The summed E-state index contributed by atoms with van der Waals surface area (Å²) in [6, 6.07) is 7.08. The van der Waals surface area contributed by atoms with Crippen LogP contribution in [0.5, 0.6) is 0 Å². The summed E-state index contributed by atoms with van der Waals surface area (Å²) in [5.41, 5.74) is 1.30. The number of ketones is 1. The van der Waals surface area contributed by atoms with Crippen molar-refractivity contribution in [2.45, 2.75) is 19.8 Å². The molecule has 0 fully saturated rings. The quantitative estimate of drug-likeness (QED) is 0.432. The van der Waals surface area contributed by atoms with Crippen LogP contribution in [0.3, 0.4) is 0 Å². The van der Waals surface area contributed by atoms with Crippen molar-refractivity contribution in [1.82, 2.24) is 0 Å². The summed E-state index contributed by atoms with van der Waals surface area (Å²) in [6.07, 6.45) is 0. The molecule has 0 aliphatic carbocycles. The van der Waals surface area contributed by atoms with Crippen molar-refractivity contribution in [2.75, 3.05) is 7.11 Å². The van der Waals surface area contributed by atoms with Gasteiger partial charge in [-0.3, -0.25) is 4.79 Å². The van der Waals surface area contributed by atoms with Gasteiger partial charge in [0, 0.05) is 5.56 Å². The maximum absolute atomic E-state index is 11.6. The van der Waals surface area contributed by atoms with E-state index in [0.717, 1.165) is 5.56 Å². The molecule has 0 amide bonds. The van der Waals surface area contributed by atoms with E-state index in [1.165, 1.54) is 7.11 Å². The normalized spacial score (nSPS) is 10.1. The molecular formula is C12H14O3. The van der Waals surface area contributed by atoms with E-state index < -0.39 is 11.8 Å². The van der Waals surface area contributed by atoms with Crippen molar-refractivity contribution in [2.24, 2.45) is 0 Å². The van der Waals surface area contributed by atoms with Crippen LogP contribution in [0.2, 0.25) is 0 Å². The Morgan fingerprint density at radius 1 is 1.20 bits per heavy atom. The Balaban J connectivity index is 3.13. The summed E-state index contributed by atoms with van der Waals surface area (Å²) in [7, 11) is 1.21. The molecule has 0 aliphatic heterocycles. The number of Topliss-reactive ketones (excluding diaryl/α,β-unsaturated/α-hetero) is 1. The van der Waals surface area contributed by atoms with Crippen LogP contribution >= 0.6 is 0 Å². The molecule has 0 heterocycles. The monoisotopic (exact) mass is 206 g/mol. The van der Waals surface area contributed by atoms with Gasteiger partial charge in [-0.25, -0.2) is 4.79 Å². The molecule has 0 saturated heterocycles. The van der Waals surface area contributed by atoms with Gasteiger partial charge < -0.3 is 4.74 Å². The van der Waals surface area contributed by atoms with E-state index >= 15 is 0 Å². The van der Waals surface area contributed by atoms with Gasteiger partial charge in [-0.2, -0.15) is 0 Å². The van der Waals surface area contributed by atoms with Crippen molar-refractivity contribution < 1.29 is 14.3 Å². The fourth-order valence-corrected chi connectivity index (χ4v) is 1.41. The molecule has 0 radical (unpaired) electrons. The SMILES string of the molecule is COC(=O)C(=O)c1ccccc1C(C)C. The van der Waals surface area contributed by atoms with Crippen LogP contribution in [0.1, 0.15) is 35.7 Å². The van der Waals surface area contributed by atoms with E-state index in [9.17, 15) is 9.59 Å². The lowest BCUT2D eigenvalue weighted by Gasteiger charge is -2.10. The number of esters is 1. The zero-order chi connectivity index (χ0) is 11.4. The first kappa shape index (κ1) is 11.4. The van der Waals surface area contributed by atoms with Gasteiger partial charge in [0.05, 0.1) is 7.11 Å². The minimum atomic E-state index is -0.817. The molecule has 0 unspecified atom stereocenters. The molecule has 0 N–H and O–H groups in total. The lowest BCUT2D eigenvalue weighted by atomic mass is 9.95. The minimum Gasteiger partial charge on any atom is -0.463 e. The second kappa shape index (κ2) is 4.73. The number of methoxy groups -OCH3 is 1. The highest BCUT2D eigenvalue weighted by molar-refractivity contribution is 6.41. The van der Waals surface area contributed by atoms with Crippen LogP contribution in [-0.4, -0.2) is 18.9 Å². The number of carbonyl (C=O) groups is 2. The molecule has 80 valence electrons. The lowest BCUT2D eigenvalue weighted by molar-refractivity contribution is -0.135. The third kappa shape index (κ3) is 2.43. The molecule has 1 rings (SSSR count). The van der Waals surface area contributed by atoms with E-state index in [0.29, 0.717) is 5.56 Å². The lowest BCUT2D eigenvalue weighted by Crippen LogP contribution is -2.17. The van der Waals surface area contributed by atoms with Gasteiger partial charge >= 0.3 is 5.97 Å². The second-order valence-corrected chi connectivity index (χ2v) is 3.56. The third-order valence-electron chi connectivity index (χ3n) is 2.20. The average Bonchev–Trinajstić information content (AvgIpc) is 2.27. The summed E-state index contributed by atoms with van der Waals surface area (Å²) in [5.74, 6) is -1.19. The molecule has 0 spiro atoms. The highest BCUT2D eigenvalue weighted by Crippen LogP contribution is 2.19. The predicted molar refractivity (Wildman–Crippen MR) is 56.9 cm³/mol. The molecule has 0 saturated carbocycles. The smallest absolute Gasteiger partial charge is 0.379 e. The van der Waals surface area contributed by atoms with Gasteiger partial charge in [0.1, 0.15) is 0 Å². The highest BCUT2D eigenvalue weighted by atomic mass is 16.5. The van der Waals surface area contributed by atoms with Crippen LogP contribution < -0.4 is 0 Å². The Morgan fingerprint density at radius 3 is 2.33 bits per heavy atom. The number of carbonyl (C=O) groups excluding carboxylic acids is 2. The molecule has 1 aromatic carbocycles. The molecule has 1 aromatic rings. The molecule has 0 bridgehead atoms. The van der Waals surface area contributed by atoms with Gasteiger partial charge in [0.2, 0.25) is 0 Å². The van der Waals surface area contributed by atoms with Crippen molar-refractivity contribution in [3.8, 4) is 0 Å². The highest BCUT2D eigenvalue weighted by Gasteiger charge is 2.20. The van der Waals surface area contributed by atoms with Gasteiger partial charge in [0.15, 0.2) is 0 Å². The van der Waals surface area contributed by atoms with Crippen LogP contribution in [0.15, 0.2) is 24.3 Å². The van der Waals surface area contributed by atoms with Crippen molar-refractivity contribution in [3.05, 3.63) is 35.4 Å². The summed E-state index contributed by atoms with van der Waals surface area (Å²) in [6.45, 7) is 3.95. The number of hydrogen-bond acceptors (Lipinski definition) is 3. The molecule has 0 aromatic heterocycles. The zero-order valence-corrected chi connectivity index (χ0v) is 9.11. The van der Waals surface area contributed by atoms with E-state index in [4.69, 9.17) is 0 Å². The van der Waals surface area contributed by atoms with Gasteiger partial charge in [-0.05, 0) is 11.5 Å². The Labute approximate surface area is 89.1 Å². The Hall–Kier alpha value is -1.64. The fraction of sp³-hybridized carbons (Fsp3) is 0.333. The van der Waals surface area contributed by atoms with E-state index in [1.807, 2.05) is 26.0 Å². The molecule has 0 aliphatic rings. The summed E-state index contributed by atoms with van der Waals surface area (Å²) < 4.78 is 4.41. The van der Waals surface area contributed by atoms with Crippen molar-refractivity contribution in [3.63, 3.8) is 0 Å². The second-order valence-electron chi connectivity index (χ2n) is 3.56. The first-order valence-corrected chi connectivity index (χ1v) is 4.79.